The lowest BCUT2D eigenvalue weighted by molar-refractivity contribution is 0.0997. The third kappa shape index (κ3) is 5.10. The van der Waals surface area contributed by atoms with Crippen molar-refractivity contribution in [2.45, 2.75) is 38.8 Å². The second-order valence-electron chi connectivity index (χ2n) is 5.04. The zero-order chi connectivity index (χ0) is 15.2. The summed E-state index contributed by atoms with van der Waals surface area (Å²) in [5, 5.41) is 17.3. The smallest absolute Gasteiger partial charge is 0.283 e. The van der Waals surface area contributed by atoms with Crippen LogP contribution in [-0.2, 0) is 6.54 Å². The molecule has 0 amide bonds. The van der Waals surface area contributed by atoms with E-state index in [2.05, 4.69) is 33.3 Å². The number of aliphatic hydroxyl groups is 1. The van der Waals surface area contributed by atoms with E-state index in [0.29, 0.717) is 29.0 Å². The molecule has 1 aromatic rings. The van der Waals surface area contributed by atoms with Crippen LogP contribution in [0.15, 0.2) is 15.5 Å². The van der Waals surface area contributed by atoms with Crippen molar-refractivity contribution >= 4 is 33.4 Å². The summed E-state index contributed by atoms with van der Waals surface area (Å²) in [6.45, 7) is 4.83. The van der Waals surface area contributed by atoms with Crippen LogP contribution < -0.4 is 10.9 Å². The molecule has 0 aliphatic heterocycles. The molecule has 5 nitrogen and oxygen atoms in total. The van der Waals surface area contributed by atoms with E-state index < -0.39 is 5.60 Å². The molecule has 0 saturated heterocycles. The van der Waals surface area contributed by atoms with Gasteiger partial charge >= 0.3 is 0 Å². The number of nitrogens with one attached hydrogen (secondary N) is 1. The van der Waals surface area contributed by atoms with E-state index in [4.69, 9.17) is 0 Å². The molecule has 20 heavy (non-hydrogen) atoms. The number of aryl methyl sites for hydroxylation is 1. The summed E-state index contributed by atoms with van der Waals surface area (Å²) >= 11 is 4.89. The monoisotopic (exact) mass is 363 g/mol. The molecule has 2 N–H and O–H groups in total. The fourth-order valence-corrected chi connectivity index (χ4v) is 2.87. The minimum absolute atomic E-state index is 0.145. The lowest BCUT2D eigenvalue weighted by Gasteiger charge is -2.23. The number of unbranched alkanes of at least 4 members (excludes halogenated alkanes) is 1. The van der Waals surface area contributed by atoms with Gasteiger partial charge in [-0.25, -0.2) is 4.68 Å². The summed E-state index contributed by atoms with van der Waals surface area (Å²) in [6.07, 6.45) is 5.51. The second-order valence-corrected chi connectivity index (χ2v) is 6.70. The minimum Gasteiger partial charge on any atom is -0.387 e. The highest BCUT2D eigenvalue weighted by atomic mass is 79.9. The molecule has 1 atom stereocenters. The summed E-state index contributed by atoms with van der Waals surface area (Å²) < 4.78 is 1.92. The molecule has 7 heteroatoms. The Morgan fingerprint density at radius 2 is 2.30 bits per heavy atom. The van der Waals surface area contributed by atoms with Crippen molar-refractivity contribution in [2.24, 2.45) is 0 Å². The highest BCUT2D eigenvalue weighted by Gasteiger charge is 2.20. The Hall–Kier alpha value is -0.530. The van der Waals surface area contributed by atoms with Crippen molar-refractivity contribution in [3.05, 3.63) is 21.0 Å². The third-order valence-electron chi connectivity index (χ3n) is 2.82. The molecular weight excluding hydrogens is 342 g/mol. The summed E-state index contributed by atoms with van der Waals surface area (Å²) in [6, 6.07) is 0. The first-order valence-electron chi connectivity index (χ1n) is 6.62. The van der Waals surface area contributed by atoms with Crippen LogP contribution >= 0.6 is 27.7 Å². The van der Waals surface area contributed by atoms with Gasteiger partial charge in [0.05, 0.1) is 17.5 Å². The Morgan fingerprint density at radius 1 is 1.60 bits per heavy atom. The maximum absolute atomic E-state index is 12.1. The fraction of sp³-hybridized carbons (Fsp3) is 0.692. The van der Waals surface area contributed by atoms with Gasteiger partial charge < -0.3 is 10.4 Å². The van der Waals surface area contributed by atoms with Crippen molar-refractivity contribution in [3.8, 4) is 0 Å². The molecule has 114 valence electrons. The molecule has 0 spiro atoms. The van der Waals surface area contributed by atoms with Gasteiger partial charge in [0.2, 0.25) is 0 Å². The second kappa shape index (κ2) is 8.05. The molecular formula is C13H22BrN3O2S. The highest BCUT2D eigenvalue weighted by molar-refractivity contribution is 9.10. The van der Waals surface area contributed by atoms with Crippen molar-refractivity contribution in [3.63, 3.8) is 0 Å². The molecule has 1 unspecified atom stereocenters. The van der Waals surface area contributed by atoms with Gasteiger partial charge in [-0.05, 0) is 35.5 Å². The van der Waals surface area contributed by atoms with Crippen molar-refractivity contribution in [1.82, 2.24) is 9.78 Å². The number of nitrogens with zero attached hydrogens (tertiary/aromatic N) is 2. The van der Waals surface area contributed by atoms with E-state index >= 15 is 0 Å². The number of thioether (sulfide) groups is 1. The van der Waals surface area contributed by atoms with Gasteiger partial charge in [0.1, 0.15) is 4.47 Å². The van der Waals surface area contributed by atoms with E-state index in [1.807, 2.05) is 6.26 Å². The number of halogens is 1. The Bertz CT molecular complexity index is 491. The SMILES string of the molecule is CCCCn1ncc(NCC(C)(O)CSC)c(Br)c1=O. The normalized spacial score (nSPS) is 14.1. The van der Waals surface area contributed by atoms with Crippen molar-refractivity contribution < 1.29 is 5.11 Å². The van der Waals surface area contributed by atoms with Gasteiger partial charge in [0.15, 0.2) is 0 Å². The van der Waals surface area contributed by atoms with Gasteiger partial charge in [-0.3, -0.25) is 4.79 Å². The van der Waals surface area contributed by atoms with Crippen molar-refractivity contribution in [1.29, 1.82) is 0 Å². The third-order valence-corrected chi connectivity index (χ3v) is 4.50. The zero-order valence-corrected chi connectivity index (χ0v) is 14.6. The number of aromatic nitrogens is 2. The number of hydrogen-bond acceptors (Lipinski definition) is 5. The highest BCUT2D eigenvalue weighted by Crippen LogP contribution is 2.18. The van der Waals surface area contributed by atoms with Gasteiger partial charge in [0, 0.05) is 18.8 Å². The van der Waals surface area contributed by atoms with Crippen LogP contribution in [0.4, 0.5) is 5.69 Å². The first-order valence-corrected chi connectivity index (χ1v) is 8.80. The van der Waals surface area contributed by atoms with E-state index in [9.17, 15) is 9.90 Å². The lowest BCUT2D eigenvalue weighted by Crippen LogP contribution is -2.36. The van der Waals surface area contributed by atoms with E-state index in [1.54, 1.807) is 24.9 Å². The Morgan fingerprint density at radius 3 is 2.90 bits per heavy atom. The molecule has 0 saturated carbocycles. The number of hydrogen-bond donors (Lipinski definition) is 2. The van der Waals surface area contributed by atoms with Crippen LogP contribution in [0.2, 0.25) is 0 Å². The molecule has 0 fully saturated rings. The Balaban J connectivity index is 2.78. The molecule has 0 aliphatic carbocycles. The molecule has 0 aliphatic rings. The van der Waals surface area contributed by atoms with Gasteiger partial charge in [-0.15, -0.1) is 0 Å². The molecule has 0 radical (unpaired) electrons. The minimum atomic E-state index is -0.823. The van der Waals surface area contributed by atoms with Crippen LogP contribution in [0.5, 0.6) is 0 Å². The molecule has 1 rings (SSSR count). The van der Waals surface area contributed by atoms with E-state index in [1.165, 1.54) is 4.68 Å². The Labute approximate surface area is 132 Å². The molecule has 1 aromatic heterocycles. The van der Waals surface area contributed by atoms with Crippen LogP contribution in [-0.4, -0.2) is 39.0 Å². The largest absolute Gasteiger partial charge is 0.387 e. The predicted molar refractivity (Wildman–Crippen MR) is 88.6 cm³/mol. The van der Waals surface area contributed by atoms with E-state index in [-0.39, 0.29) is 5.56 Å². The van der Waals surface area contributed by atoms with Crippen LogP contribution in [0.3, 0.4) is 0 Å². The first-order chi connectivity index (χ1) is 9.41. The topological polar surface area (TPSA) is 67.2 Å². The Kier molecular flexibility index (Phi) is 7.05. The quantitative estimate of drug-likeness (QED) is 0.741. The van der Waals surface area contributed by atoms with Gasteiger partial charge in [-0.1, -0.05) is 13.3 Å². The zero-order valence-electron chi connectivity index (χ0n) is 12.1. The summed E-state index contributed by atoms with van der Waals surface area (Å²) in [4.78, 5) is 12.1. The van der Waals surface area contributed by atoms with Crippen LogP contribution in [0.25, 0.3) is 0 Å². The molecule has 0 bridgehead atoms. The van der Waals surface area contributed by atoms with Gasteiger partial charge in [-0.2, -0.15) is 16.9 Å². The summed E-state index contributed by atoms with van der Waals surface area (Å²) in [5.74, 6) is 0.624. The van der Waals surface area contributed by atoms with E-state index in [0.717, 1.165) is 12.8 Å². The first kappa shape index (κ1) is 17.5. The fourth-order valence-electron chi connectivity index (χ4n) is 1.70. The molecule has 1 heterocycles. The summed E-state index contributed by atoms with van der Waals surface area (Å²) in [7, 11) is 0. The van der Waals surface area contributed by atoms with Crippen LogP contribution in [0, 0.1) is 0 Å². The maximum Gasteiger partial charge on any atom is 0.283 e. The van der Waals surface area contributed by atoms with Gasteiger partial charge in [0.25, 0.3) is 5.56 Å². The van der Waals surface area contributed by atoms with Crippen molar-refractivity contribution in [2.75, 3.05) is 23.9 Å². The summed E-state index contributed by atoms with van der Waals surface area (Å²) in [5.41, 5.74) is -0.354. The average Bonchev–Trinajstić information content (AvgIpc) is 2.39. The standard InChI is InChI=1S/C13H22BrN3O2S/c1-4-5-6-17-12(18)11(14)10(7-16-17)15-8-13(2,19)9-20-3/h7,15,19H,4-6,8-9H2,1-3H3. The predicted octanol–water partition coefficient (Wildman–Crippen LogP) is 2.33. The average molecular weight is 364 g/mol. The number of rotatable bonds is 8. The van der Waals surface area contributed by atoms with Crippen LogP contribution in [0.1, 0.15) is 26.7 Å². The number of anilines is 1. The lowest BCUT2D eigenvalue weighted by atomic mass is 10.1. The molecule has 0 aromatic carbocycles. The maximum atomic E-state index is 12.1.